The summed E-state index contributed by atoms with van der Waals surface area (Å²) in [7, 11) is 0. The van der Waals surface area contributed by atoms with Crippen molar-refractivity contribution in [2.45, 2.75) is 6.42 Å². The van der Waals surface area contributed by atoms with Crippen LogP contribution in [0.2, 0.25) is 5.02 Å². The van der Waals surface area contributed by atoms with E-state index in [1.807, 2.05) is 18.4 Å². The van der Waals surface area contributed by atoms with E-state index in [1.165, 1.54) is 17.4 Å². The number of thioether (sulfide) groups is 1. The number of piperazine rings is 1. The molecule has 1 aliphatic heterocycles. The zero-order valence-corrected chi connectivity index (χ0v) is 15.4. The monoisotopic (exact) mass is 370 g/mol. The molecule has 0 bridgehead atoms. The van der Waals surface area contributed by atoms with Gasteiger partial charge in [0.2, 0.25) is 0 Å². The fourth-order valence-corrected chi connectivity index (χ4v) is 3.23. The predicted molar refractivity (Wildman–Crippen MR) is 101 cm³/mol. The van der Waals surface area contributed by atoms with Crippen molar-refractivity contribution in [3.05, 3.63) is 50.6 Å². The molecule has 0 aromatic heterocycles. The van der Waals surface area contributed by atoms with Gasteiger partial charge in [-0.25, -0.2) is 0 Å². The molecule has 1 N–H and O–H groups in total. The standard InChI is InChI=1S/C16H23ClN4O2S/c1-24-16(13-21(22)23)18-7-2-8-19-9-11-20(12-10-19)15-5-3-14(17)4-6-15/h3-6,13,18H,2,7-12H2,1H3. The molecule has 1 aliphatic rings. The summed E-state index contributed by atoms with van der Waals surface area (Å²) in [6.45, 7) is 5.82. The molecular weight excluding hydrogens is 348 g/mol. The van der Waals surface area contributed by atoms with E-state index >= 15 is 0 Å². The maximum atomic E-state index is 10.5. The van der Waals surface area contributed by atoms with Crippen LogP contribution in [0, 0.1) is 10.1 Å². The molecule has 1 saturated heterocycles. The van der Waals surface area contributed by atoms with E-state index < -0.39 is 4.92 Å². The normalized spacial score (nSPS) is 16.2. The van der Waals surface area contributed by atoms with Gasteiger partial charge in [0.25, 0.3) is 6.20 Å². The maximum Gasteiger partial charge on any atom is 0.263 e. The van der Waals surface area contributed by atoms with E-state index in [0.29, 0.717) is 5.03 Å². The Morgan fingerprint density at radius 3 is 2.58 bits per heavy atom. The first kappa shape index (κ1) is 18.9. The quantitative estimate of drug-likeness (QED) is 0.431. The van der Waals surface area contributed by atoms with Crippen molar-refractivity contribution in [1.82, 2.24) is 10.2 Å². The van der Waals surface area contributed by atoms with E-state index in [2.05, 4.69) is 27.2 Å². The molecule has 1 aromatic carbocycles. The van der Waals surface area contributed by atoms with Gasteiger partial charge in [-0.2, -0.15) is 0 Å². The average molecular weight is 371 g/mol. The molecule has 0 unspecified atom stereocenters. The van der Waals surface area contributed by atoms with Gasteiger partial charge in [0.05, 0.1) is 4.92 Å². The van der Waals surface area contributed by atoms with Crippen LogP contribution in [0.3, 0.4) is 0 Å². The van der Waals surface area contributed by atoms with Crippen LogP contribution in [0.5, 0.6) is 0 Å². The molecule has 0 radical (unpaired) electrons. The Labute approximate surface area is 152 Å². The molecule has 0 amide bonds. The van der Waals surface area contributed by atoms with Crippen molar-refractivity contribution >= 4 is 29.1 Å². The number of nitro groups is 1. The summed E-state index contributed by atoms with van der Waals surface area (Å²) in [6, 6.07) is 7.98. The second kappa shape index (κ2) is 9.76. The number of rotatable bonds is 8. The Hall–Kier alpha value is -1.44. The lowest BCUT2D eigenvalue weighted by atomic mass is 10.2. The lowest BCUT2D eigenvalue weighted by Gasteiger charge is -2.36. The Morgan fingerprint density at radius 1 is 1.33 bits per heavy atom. The number of benzene rings is 1. The Bertz CT molecular complexity index is 560. The number of nitrogens with one attached hydrogen (secondary N) is 1. The number of anilines is 1. The first-order valence-electron chi connectivity index (χ1n) is 7.94. The van der Waals surface area contributed by atoms with Crippen LogP contribution in [0.1, 0.15) is 6.42 Å². The van der Waals surface area contributed by atoms with Crippen molar-refractivity contribution in [2.24, 2.45) is 0 Å². The van der Waals surface area contributed by atoms with Gasteiger partial charge in [0.1, 0.15) is 5.03 Å². The van der Waals surface area contributed by atoms with Crippen LogP contribution in [-0.2, 0) is 0 Å². The molecule has 2 rings (SSSR count). The van der Waals surface area contributed by atoms with Gasteiger partial charge in [0.15, 0.2) is 0 Å². The second-order valence-corrected chi connectivity index (χ2v) is 6.85. The van der Waals surface area contributed by atoms with Gasteiger partial charge in [-0.05, 0) is 43.5 Å². The predicted octanol–water partition coefficient (Wildman–Crippen LogP) is 2.88. The third kappa shape index (κ3) is 6.22. The number of halogens is 1. The van der Waals surface area contributed by atoms with E-state index in [1.54, 1.807) is 0 Å². The van der Waals surface area contributed by atoms with Crippen LogP contribution in [0.15, 0.2) is 35.5 Å². The molecular formula is C16H23ClN4O2S. The van der Waals surface area contributed by atoms with Gasteiger partial charge < -0.3 is 10.2 Å². The number of nitrogens with zero attached hydrogens (tertiary/aromatic N) is 3. The summed E-state index contributed by atoms with van der Waals surface area (Å²) in [6.07, 6.45) is 3.82. The molecule has 1 aromatic rings. The highest BCUT2D eigenvalue weighted by atomic mass is 35.5. The summed E-state index contributed by atoms with van der Waals surface area (Å²) >= 11 is 7.29. The minimum Gasteiger partial charge on any atom is -0.375 e. The first-order chi connectivity index (χ1) is 11.6. The molecule has 8 heteroatoms. The van der Waals surface area contributed by atoms with Crippen LogP contribution in [-0.4, -0.2) is 55.3 Å². The smallest absolute Gasteiger partial charge is 0.263 e. The summed E-state index contributed by atoms with van der Waals surface area (Å²) in [5, 5.41) is 15.0. The van der Waals surface area contributed by atoms with Crippen LogP contribution in [0.4, 0.5) is 5.69 Å². The van der Waals surface area contributed by atoms with Gasteiger partial charge in [-0.15, -0.1) is 11.8 Å². The summed E-state index contributed by atoms with van der Waals surface area (Å²) in [5.74, 6) is 0. The van der Waals surface area contributed by atoms with Gasteiger partial charge in [0, 0.05) is 43.4 Å². The van der Waals surface area contributed by atoms with E-state index in [-0.39, 0.29) is 0 Å². The summed E-state index contributed by atoms with van der Waals surface area (Å²) in [5.41, 5.74) is 1.22. The van der Waals surface area contributed by atoms with E-state index in [9.17, 15) is 10.1 Å². The zero-order valence-electron chi connectivity index (χ0n) is 13.8. The molecule has 0 spiro atoms. The number of hydrogen-bond donors (Lipinski definition) is 1. The van der Waals surface area contributed by atoms with Gasteiger partial charge >= 0.3 is 0 Å². The lowest BCUT2D eigenvalue weighted by Crippen LogP contribution is -2.46. The van der Waals surface area contributed by atoms with E-state index in [4.69, 9.17) is 11.6 Å². The molecule has 1 heterocycles. The SMILES string of the molecule is CSC(=C[N+](=O)[O-])NCCCN1CCN(c2ccc(Cl)cc2)CC1. The van der Waals surface area contributed by atoms with Crippen LogP contribution >= 0.6 is 23.4 Å². The largest absolute Gasteiger partial charge is 0.375 e. The molecule has 0 atom stereocenters. The van der Waals surface area contributed by atoms with Crippen LogP contribution in [0.25, 0.3) is 0 Å². The van der Waals surface area contributed by atoms with Gasteiger partial charge in [-0.1, -0.05) is 11.6 Å². The van der Waals surface area contributed by atoms with Crippen LogP contribution < -0.4 is 10.2 Å². The zero-order chi connectivity index (χ0) is 17.4. The molecule has 132 valence electrons. The fraction of sp³-hybridized carbons (Fsp3) is 0.500. The Balaban J connectivity index is 1.66. The highest BCUT2D eigenvalue weighted by Gasteiger charge is 2.16. The number of hydrogen-bond acceptors (Lipinski definition) is 6. The first-order valence-corrected chi connectivity index (χ1v) is 9.55. The maximum absolute atomic E-state index is 10.5. The highest BCUT2D eigenvalue weighted by Crippen LogP contribution is 2.19. The lowest BCUT2D eigenvalue weighted by molar-refractivity contribution is -0.403. The summed E-state index contributed by atoms with van der Waals surface area (Å²) < 4.78 is 0. The minimum atomic E-state index is -0.422. The molecule has 24 heavy (non-hydrogen) atoms. The van der Waals surface area contributed by atoms with Crippen molar-refractivity contribution in [1.29, 1.82) is 0 Å². The molecule has 0 saturated carbocycles. The van der Waals surface area contributed by atoms with Crippen molar-refractivity contribution < 1.29 is 4.92 Å². The average Bonchev–Trinajstić information content (AvgIpc) is 2.58. The Kier molecular flexibility index (Phi) is 7.68. The molecule has 6 nitrogen and oxygen atoms in total. The molecule has 0 aliphatic carbocycles. The van der Waals surface area contributed by atoms with Crippen molar-refractivity contribution in [3.63, 3.8) is 0 Å². The van der Waals surface area contributed by atoms with Gasteiger partial charge in [-0.3, -0.25) is 15.0 Å². The fourth-order valence-electron chi connectivity index (χ4n) is 2.66. The minimum absolute atomic E-state index is 0.422. The third-order valence-electron chi connectivity index (χ3n) is 3.96. The summed E-state index contributed by atoms with van der Waals surface area (Å²) in [4.78, 5) is 14.9. The third-order valence-corrected chi connectivity index (χ3v) is 4.90. The van der Waals surface area contributed by atoms with E-state index in [0.717, 1.165) is 56.9 Å². The second-order valence-electron chi connectivity index (χ2n) is 5.57. The van der Waals surface area contributed by atoms with Crippen molar-refractivity contribution in [2.75, 3.05) is 50.4 Å². The Morgan fingerprint density at radius 2 is 2.00 bits per heavy atom. The highest BCUT2D eigenvalue weighted by molar-refractivity contribution is 8.02. The topological polar surface area (TPSA) is 61.7 Å². The molecule has 1 fully saturated rings. The van der Waals surface area contributed by atoms with Crippen molar-refractivity contribution in [3.8, 4) is 0 Å².